The normalized spacial score (nSPS) is 27.3. The van der Waals surface area contributed by atoms with Crippen LogP contribution < -0.4 is 4.74 Å². The van der Waals surface area contributed by atoms with Gasteiger partial charge in [-0.05, 0) is 63.5 Å². The molecule has 2 aromatic carbocycles. The van der Waals surface area contributed by atoms with Gasteiger partial charge in [0.25, 0.3) is 11.8 Å². The van der Waals surface area contributed by atoms with Crippen molar-refractivity contribution in [3.05, 3.63) is 76.3 Å². The predicted molar refractivity (Wildman–Crippen MR) is 112 cm³/mol. The summed E-state index contributed by atoms with van der Waals surface area (Å²) in [6, 6.07) is 15.5. The molecule has 2 amide bonds. The highest BCUT2D eigenvalue weighted by Crippen LogP contribution is 2.52. The number of amides is 2. The maximum absolute atomic E-state index is 12.7. The molecule has 4 atom stereocenters. The summed E-state index contributed by atoms with van der Waals surface area (Å²) in [7, 11) is 0. The topological polar surface area (TPSA) is 59.0 Å². The summed E-state index contributed by atoms with van der Waals surface area (Å²) in [6.45, 7) is 0.475. The van der Waals surface area contributed by atoms with E-state index in [0.29, 0.717) is 6.61 Å². The number of halogens is 1. The molecule has 29 heavy (non-hydrogen) atoms. The maximum Gasteiger partial charge on any atom is 0.254 e. The summed E-state index contributed by atoms with van der Waals surface area (Å²) in [5.41, 5.74) is 1.87. The molecule has 0 N–H and O–H groups in total. The van der Waals surface area contributed by atoms with E-state index in [1.165, 1.54) is 0 Å². The van der Waals surface area contributed by atoms with Gasteiger partial charge in [-0.2, -0.15) is 10.1 Å². The van der Waals surface area contributed by atoms with E-state index < -0.39 is 0 Å². The van der Waals surface area contributed by atoms with E-state index in [1.54, 1.807) is 6.21 Å². The summed E-state index contributed by atoms with van der Waals surface area (Å²) >= 11 is 3.52. The van der Waals surface area contributed by atoms with Crippen LogP contribution in [0.1, 0.15) is 17.5 Å². The minimum atomic E-state index is -0.227. The molecule has 0 spiro atoms. The largest absolute Gasteiger partial charge is 0.488 e. The third-order valence-electron chi connectivity index (χ3n) is 5.96. The zero-order valence-corrected chi connectivity index (χ0v) is 17.2. The predicted octanol–water partition coefficient (Wildman–Crippen LogP) is 4.17. The second kappa shape index (κ2) is 7.26. The van der Waals surface area contributed by atoms with Crippen molar-refractivity contribution in [2.45, 2.75) is 13.0 Å². The number of hydrazone groups is 1. The molecule has 2 aromatic rings. The third kappa shape index (κ3) is 3.21. The van der Waals surface area contributed by atoms with Crippen LogP contribution in [0.4, 0.5) is 0 Å². The van der Waals surface area contributed by atoms with E-state index in [-0.39, 0.29) is 35.5 Å². The van der Waals surface area contributed by atoms with Crippen LogP contribution in [0.15, 0.2) is 70.3 Å². The average Bonchev–Trinajstić information content (AvgIpc) is 3.41. The zero-order valence-electron chi connectivity index (χ0n) is 15.6. The summed E-state index contributed by atoms with van der Waals surface area (Å²) in [5, 5.41) is 5.28. The Morgan fingerprint density at radius 2 is 1.72 bits per heavy atom. The maximum atomic E-state index is 12.7. The number of carbonyl (C=O) groups excluding carboxylic acids is 2. The highest BCUT2D eigenvalue weighted by atomic mass is 79.9. The van der Waals surface area contributed by atoms with Gasteiger partial charge in [-0.3, -0.25) is 9.59 Å². The fraction of sp³-hybridized carbons (Fsp3) is 0.261. The van der Waals surface area contributed by atoms with Gasteiger partial charge in [0.15, 0.2) is 0 Å². The van der Waals surface area contributed by atoms with Gasteiger partial charge >= 0.3 is 0 Å². The summed E-state index contributed by atoms with van der Waals surface area (Å²) in [4.78, 5) is 25.4. The molecule has 146 valence electrons. The van der Waals surface area contributed by atoms with Gasteiger partial charge in [-0.25, -0.2) is 0 Å². The molecule has 2 bridgehead atoms. The standard InChI is InChI=1S/C23H19BrN2O3/c24-18-10-15(6-9-19(18)29-13-14-4-2-1-3-5-14)12-25-26-22(27)20-16-7-8-17(11-16)21(20)23(26)28/h1-10,12,16-17,20-21H,11,13H2/t16-,17-,20-,21+/m0/s1. The molecule has 1 aliphatic heterocycles. The van der Waals surface area contributed by atoms with Crippen LogP contribution in [0, 0.1) is 23.7 Å². The van der Waals surface area contributed by atoms with Gasteiger partial charge < -0.3 is 4.74 Å². The first-order chi connectivity index (χ1) is 14.1. The molecular weight excluding hydrogens is 432 g/mol. The number of hydrogen-bond acceptors (Lipinski definition) is 4. The third-order valence-corrected chi connectivity index (χ3v) is 6.58. The molecule has 3 aliphatic rings. The van der Waals surface area contributed by atoms with Crippen molar-refractivity contribution >= 4 is 34.0 Å². The number of benzene rings is 2. The Balaban J connectivity index is 1.27. The van der Waals surface area contributed by atoms with Crippen LogP contribution in [-0.4, -0.2) is 23.0 Å². The molecule has 0 unspecified atom stereocenters. The Kier molecular flexibility index (Phi) is 4.59. The monoisotopic (exact) mass is 450 g/mol. The molecule has 0 radical (unpaired) electrons. The Morgan fingerprint density at radius 3 is 2.38 bits per heavy atom. The number of allylic oxidation sites excluding steroid dienone is 2. The Labute approximate surface area is 177 Å². The molecular formula is C23H19BrN2O3. The van der Waals surface area contributed by atoms with Crippen molar-refractivity contribution in [1.29, 1.82) is 0 Å². The van der Waals surface area contributed by atoms with Gasteiger partial charge in [-0.15, -0.1) is 0 Å². The van der Waals surface area contributed by atoms with Gasteiger partial charge in [-0.1, -0.05) is 42.5 Å². The lowest BCUT2D eigenvalue weighted by Crippen LogP contribution is -2.28. The quantitative estimate of drug-likeness (QED) is 0.390. The van der Waals surface area contributed by atoms with Crippen molar-refractivity contribution in [2.75, 3.05) is 0 Å². The SMILES string of the molecule is O=C1[C@@H]2[C@H](C(=O)N1N=Cc1ccc(OCc3ccccc3)c(Br)c1)[C@H]1C=C[C@H]2C1. The van der Waals surface area contributed by atoms with E-state index in [1.807, 2.05) is 48.5 Å². The fourth-order valence-corrected chi connectivity index (χ4v) is 5.09. The first-order valence-corrected chi connectivity index (χ1v) is 10.5. The number of carbonyl (C=O) groups is 2. The van der Waals surface area contributed by atoms with Crippen molar-refractivity contribution in [3.63, 3.8) is 0 Å². The minimum absolute atomic E-state index is 0.171. The molecule has 2 fully saturated rings. The Bertz CT molecular complexity index is 1000. The van der Waals surface area contributed by atoms with E-state index in [2.05, 4.69) is 33.2 Å². The van der Waals surface area contributed by atoms with Crippen LogP contribution in [0.2, 0.25) is 0 Å². The van der Waals surface area contributed by atoms with Gasteiger partial charge in [0.05, 0.1) is 22.5 Å². The van der Waals surface area contributed by atoms with E-state index in [4.69, 9.17) is 4.74 Å². The minimum Gasteiger partial charge on any atom is -0.488 e. The average molecular weight is 451 g/mol. The smallest absolute Gasteiger partial charge is 0.254 e. The number of fused-ring (bicyclic) bond motifs is 5. The van der Waals surface area contributed by atoms with E-state index in [9.17, 15) is 9.59 Å². The van der Waals surface area contributed by atoms with Crippen LogP contribution in [0.25, 0.3) is 0 Å². The molecule has 1 heterocycles. The van der Waals surface area contributed by atoms with Crippen molar-refractivity contribution in [2.24, 2.45) is 28.8 Å². The molecule has 5 rings (SSSR count). The zero-order chi connectivity index (χ0) is 20.0. The molecule has 0 aromatic heterocycles. The number of imide groups is 1. The van der Waals surface area contributed by atoms with Gasteiger partial charge in [0, 0.05) is 0 Å². The summed E-state index contributed by atoms with van der Waals surface area (Å²) < 4.78 is 6.64. The van der Waals surface area contributed by atoms with Crippen LogP contribution in [0.3, 0.4) is 0 Å². The van der Waals surface area contributed by atoms with Gasteiger partial charge in [0.1, 0.15) is 12.4 Å². The lowest BCUT2D eigenvalue weighted by Gasteiger charge is -2.13. The molecule has 1 saturated heterocycles. The number of ether oxygens (including phenoxy) is 1. The second-order valence-electron chi connectivity index (χ2n) is 7.70. The Morgan fingerprint density at radius 1 is 1.03 bits per heavy atom. The highest BCUT2D eigenvalue weighted by Gasteiger charge is 2.59. The number of nitrogens with zero attached hydrogens (tertiary/aromatic N) is 2. The van der Waals surface area contributed by atoms with E-state index in [0.717, 1.165) is 32.8 Å². The highest BCUT2D eigenvalue weighted by molar-refractivity contribution is 9.10. The summed E-state index contributed by atoms with van der Waals surface area (Å²) in [6.07, 6.45) is 6.63. The van der Waals surface area contributed by atoms with Crippen LogP contribution in [0.5, 0.6) is 5.75 Å². The van der Waals surface area contributed by atoms with Gasteiger partial charge in [0.2, 0.25) is 0 Å². The molecule has 6 heteroatoms. The summed E-state index contributed by atoms with van der Waals surface area (Å²) in [5.74, 6) is 0.306. The lowest BCUT2D eigenvalue weighted by atomic mass is 9.85. The fourth-order valence-electron chi connectivity index (χ4n) is 4.57. The van der Waals surface area contributed by atoms with E-state index >= 15 is 0 Å². The molecule has 1 saturated carbocycles. The second-order valence-corrected chi connectivity index (χ2v) is 8.55. The van der Waals surface area contributed by atoms with Crippen molar-refractivity contribution < 1.29 is 14.3 Å². The first kappa shape index (κ1) is 18.3. The number of rotatable bonds is 5. The number of hydrogen-bond donors (Lipinski definition) is 0. The van der Waals surface area contributed by atoms with Crippen molar-refractivity contribution in [3.8, 4) is 5.75 Å². The molecule has 5 nitrogen and oxygen atoms in total. The molecule has 2 aliphatic carbocycles. The lowest BCUT2D eigenvalue weighted by molar-refractivity contribution is -0.140. The first-order valence-electron chi connectivity index (χ1n) is 9.68. The Hall–Kier alpha value is -2.73. The van der Waals surface area contributed by atoms with Crippen molar-refractivity contribution in [1.82, 2.24) is 5.01 Å². The van der Waals surface area contributed by atoms with Crippen LogP contribution in [-0.2, 0) is 16.2 Å². The van der Waals surface area contributed by atoms with Crippen LogP contribution >= 0.6 is 15.9 Å².